The minimum absolute atomic E-state index is 0.142. The Morgan fingerprint density at radius 1 is 0.938 bits per heavy atom. The van der Waals surface area contributed by atoms with Crippen molar-refractivity contribution in [2.24, 2.45) is 0 Å². The average molecular weight is 448 g/mol. The van der Waals surface area contributed by atoms with Gasteiger partial charge in [-0.25, -0.2) is 13.4 Å². The number of hydrogen-bond acceptors (Lipinski definition) is 7. The van der Waals surface area contributed by atoms with E-state index in [0.717, 1.165) is 0 Å². The molecule has 0 atom stereocenters. The minimum atomic E-state index is -3.94. The molecule has 7 nitrogen and oxygen atoms in total. The maximum Gasteiger partial charge on any atom is 0.201 e. The zero-order chi connectivity index (χ0) is 23.1. The molecule has 0 fully saturated rings. The molecule has 1 heterocycles. The lowest BCUT2D eigenvalue weighted by Gasteiger charge is -2.14. The van der Waals surface area contributed by atoms with Gasteiger partial charge in [-0.05, 0) is 30.2 Å². The highest BCUT2D eigenvalue weighted by atomic mass is 32.2. The number of ether oxygens (including phenoxy) is 2. The summed E-state index contributed by atoms with van der Waals surface area (Å²) < 4.78 is 36.9. The van der Waals surface area contributed by atoms with Crippen LogP contribution in [0.4, 0.5) is 0 Å². The van der Waals surface area contributed by atoms with Crippen molar-refractivity contribution in [3.05, 3.63) is 77.0 Å². The van der Waals surface area contributed by atoms with Crippen molar-refractivity contribution in [1.82, 2.24) is 4.98 Å². The van der Waals surface area contributed by atoms with Gasteiger partial charge in [-0.3, -0.25) is 0 Å². The molecule has 162 valence electrons. The van der Waals surface area contributed by atoms with Gasteiger partial charge < -0.3 is 9.47 Å². The van der Waals surface area contributed by atoms with E-state index >= 15 is 0 Å². The molecule has 8 heteroatoms. The Kier molecular flexibility index (Phi) is 7.21. The fourth-order valence-electron chi connectivity index (χ4n) is 3.25. The molecule has 32 heavy (non-hydrogen) atoms. The van der Waals surface area contributed by atoms with Crippen molar-refractivity contribution >= 4 is 9.84 Å². The molecule has 0 aliphatic heterocycles. The third-order valence-corrected chi connectivity index (χ3v) is 6.36. The normalized spacial score (nSPS) is 10.9. The lowest BCUT2D eigenvalue weighted by atomic mass is 9.95. The van der Waals surface area contributed by atoms with Gasteiger partial charge in [-0.1, -0.05) is 42.5 Å². The van der Waals surface area contributed by atoms with E-state index in [1.54, 1.807) is 68.6 Å². The standard InChI is InChI=1S/C24H21N3O4S/c1-17-21(14-25)23(19-8-10-20(11-9-19)31-13-12-30-2)22(15-26)24(27-17)32(28,29)16-18-6-4-3-5-7-18/h3-11H,12-13,16H2,1-2H3. The van der Waals surface area contributed by atoms with E-state index in [0.29, 0.717) is 30.1 Å². The molecule has 3 aromatic rings. The molecule has 0 bridgehead atoms. The monoisotopic (exact) mass is 447 g/mol. The van der Waals surface area contributed by atoms with Crippen molar-refractivity contribution in [2.75, 3.05) is 20.3 Å². The van der Waals surface area contributed by atoms with E-state index in [9.17, 15) is 18.9 Å². The molecule has 0 aliphatic carbocycles. The van der Waals surface area contributed by atoms with Crippen molar-refractivity contribution in [1.29, 1.82) is 10.5 Å². The van der Waals surface area contributed by atoms with Crippen molar-refractivity contribution < 1.29 is 17.9 Å². The summed E-state index contributed by atoms with van der Waals surface area (Å²) in [7, 11) is -2.36. The van der Waals surface area contributed by atoms with Gasteiger partial charge >= 0.3 is 0 Å². The van der Waals surface area contributed by atoms with Crippen LogP contribution in [0.5, 0.6) is 5.75 Å². The summed E-state index contributed by atoms with van der Waals surface area (Å²) in [5, 5.41) is 19.3. The molecule has 0 saturated heterocycles. The van der Waals surface area contributed by atoms with Crippen LogP contribution in [0.25, 0.3) is 11.1 Å². The van der Waals surface area contributed by atoms with Crippen molar-refractivity contribution in [3.8, 4) is 29.0 Å². The highest BCUT2D eigenvalue weighted by Gasteiger charge is 2.28. The van der Waals surface area contributed by atoms with Gasteiger partial charge in [0.15, 0.2) is 5.03 Å². The van der Waals surface area contributed by atoms with E-state index in [-0.39, 0.29) is 33.2 Å². The summed E-state index contributed by atoms with van der Waals surface area (Å²) in [6, 6.07) is 19.5. The molecule has 1 aromatic heterocycles. The number of pyridine rings is 1. The maximum absolute atomic E-state index is 13.2. The molecular weight excluding hydrogens is 426 g/mol. The Bertz CT molecular complexity index is 1290. The first-order valence-corrected chi connectivity index (χ1v) is 11.4. The smallest absolute Gasteiger partial charge is 0.201 e. The Morgan fingerprint density at radius 2 is 1.59 bits per heavy atom. The van der Waals surface area contributed by atoms with E-state index in [2.05, 4.69) is 11.1 Å². The number of methoxy groups -OCH3 is 1. The first-order chi connectivity index (χ1) is 15.4. The van der Waals surface area contributed by atoms with Crippen LogP contribution < -0.4 is 4.74 Å². The predicted molar refractivity (Wildman–Crippen MR) is 119 cm³/mol. The van der Waals surface area contributed by atoms with Gasteiger partial charge in [0, 0.05) is 12.7 Å². The number of hydrogen-bond donors (Lipinski definition) is 0. The van der Waals surface area contributed by atoms with Crippen molar-refractivity contribution in [3.63, 3.8) is 0 Å². The van der Waals surface area contributed by atoms with Gasteiger partial charge in [0.25, 0.3) is 0 Å². The number of aromatic nitrogens is 1. The molecule has 0 unspecified atom stereocenters. The largest absolute Gasteiger partial charge is 0.491 e. The molecule has 0 radical (unpaired) electrons. The Balaban J connectivity index is 2.12. The van der Waals surface area contributed by atoms with Gasteiger partial charge in [-0.15, -0.1) is 0 Å². The van der Waals surface area contributed by atoms with Crippen LogP contribution >= 0.6 is 0 Å². The maximum atomic E-state index is 13.2. The number of nitrogens with zero attached hydrogens (tertiary/aromatic N) is 3. The second-order valence-corrected chi connectivity index (χ2v) is 8.87. The summed E-state index contributed by atoms with van der Waals surface area (Å²) in [6.07, 6.45) is 0. The van der Waals surface area contributed by atoms with Gasteiger partial charge in [0.05, 0.1) is 29.2 Å². The van der Waals surface area contributed by atoms with E-state index in [1.165, 1.54) is 0 Å². The van der Waals surface area contributed by atoms with Crippen molar-refractivity contribution in [2.45, 2.75) is 17.7 Å². The van der Waals surface area contributed by atoms with Crippen LogP contribution in [0.1, 0.15) is 22.4 Å². The fourth-order valence-corrected chi connectivity index (χ4v) is 4.76. The number of benzene rings is 2. The zero-order valence-corrected chi connectivity index (χ0v) is 18.5. The molecule has 0 aliphatic rings. The Hall–Kier alpha value is -3.72. The second-order valence-electron chi connectivity index (χ2n) is 6.96. The average Bonchev–Trinajstić information content (AvgIpc) is 2.79. The molecule has 0 amide bonds. The number of rotatable bonds is 8. The van der Waals surface area contributed by atoms with Crippen LogP contribution in [-0.2, 0) is 20.3 Å². The highest BCUT2D eigenvalue weighted by Crippen LogP contribution is 2.34. The molecule has 2 aromatic carbocycles. The molecule has 0 N–H and O–H groups in total. The second kappa shape index (κ2) is 10.1. The summed E-state index contributed by atoms with van der Waals surface area (Å²) in [5.74, 6) is 0.289. The quantitative estimate of drug-likeness (QED) is 0.483. The van der Waals surface area contributed by atoms with Crippen LogP contribution in [0.15, 0.2) is 59.6 Å². The Labute approximate surface area is 187 Å². The minimum Gasteiger partial charge on any atom is -0.491 e. The first kappa shape index (κ1) is 23.0. The molecule has 0 saturated carbocycles. The molecule has 3 rings (SSSR count). The van der Waals surface area contributed by atoms with Crippen LogP contribution in [0, 0.1) is 29.6 Å². The van der Waals surface area contributed by atoms with Crippen LogP contribution in [0.2, 0.25) is 0 Å². The summed E-state index contributed by atoms with van der Waals surface area (Å²) >= 11 is 0. The SMILES string of the molecule is COCCOc1ccc(-c2c(C#N)c(C)nc(S(=O)(=O)Cc3ccccc3)c2C#N)cc1. The molecular formula is C24H21N3O4S. The lowest BCUT2D eigenvalue weighted by molar-refractivity contribution is 0.146. The van der Waals surface area contributed by atoms with Gasteiger partial charge in [0.2, 0.25) is 9.84 Å². The number of sulfone groups is 1. The van der Waals surface area contributed by atoms with E-state index in [1.807, 2.05) is 6.07 Å². The number of aryl methyl sites for hydroxylation is 1. The first-order valence-electron chi connectivity index (χ1n) is 9.75. The zero-order valence-electron chi connectivity index (χ0n) is 17.7. The van der Waals surface area contributed by atoms with Gasteiger partial charge in [-0.2, -0.15) is 10.5 Å². The highest BCUT2D eigenvalue weighted by molar-refractivity contribution is 7.90. The van der Waals surface area contributed by atoms with Crippen LogP contribution in [-0.4, -0.2) is 33.7 Å². The van der Waals surface area contributed by atoms with E-state index in [4.69, 9.17) is 9.47 Å². The predicted octanol–water partition coefficient (Wildman–Crippen LogP) is 3.80. The lowest BCUT2D eigenvalue weighted by Crippen LogP contribution is -2.13. The summed E-state index contributed by atoms with van der Waals surface area (Å²) in [6.45, 7) is 2.37. The van der Waals surface area contributed by atoms with Crippen LogP contribution in [0.3, 0.4) is 0 Å². The van der Waals surface area contributed by atoms with Gasteiger partial charge in [0.1, 0.15) is 24.5 Å². The number of nitriles is 2. The molecule has 0 spiro atoms. The third kappa shape index (κ3) is 4.94. The topological polar surface area (TPSA) is 113 Å². The summed E-state index contributed by atoms with van der Waals surface area (Å²) in [4.78, 5) is 4.16. The van der Waals surface area contributed by atoms with E-state index < -0.39 is 9.84 Å². The fraction of sp³-hybridized carbons (Fsp3) is 0.208. The summed E-state index contributed by atoms with van der Waals surface area (Å²) in [5.41, 5.74) is 1.62. The third-order valence-electron chi connectivity index (χ3n) is 4.76. The Morgan fingerprint density at radius 3 is 2.19 bits per heavy atom.